The molecule has 1 heterocycles. The standard InChI is InChI=1S/C16H15BrO5S2/c1-11-3-9-14(10-4-11)24(20,21)16(23(2,18)19)15(22-16)12-5-7-13(17)8-6-12/h3-10,15H,1-2H3/t15-,16-/m1/s1. The van der Waals surface area contributed by atoms with Crippen LogP contribution in [0.15, 0.2) is 57.9 Å². The number of ether oxygens (including phenoxy) is 1. The lowest BCUT2D eigenvalue weighted by atomic mass is 10.2. The number of sulfone groups is 2. The van der Waals surface area contributed by atoms with Gasteiger partial charge in [0.15, 0.2) is 9.84 Å². The zero-order valence-corrected chi connectivity index (χ0v) is 16.2. The molecule has 0 unspecified atom stereocenters. The van der Waals surface area contributed by atoms with Gasteiger partial charge in [0.1, 0.15) is 6.10 Å². The average Bonchev–Trinajstić information content (AvgIpc) is 3.26. The Balaban J connectivity index is 2.13. The molecule has 0 spiro atoms. The van der Waals surface area contributed by atoms with Crippen LogP contribution in [0.5, 0.6) is 0 Å². The monoisotopic (exact) mass is 430 g/mol. The molecule has 8 heteroatoms. The Labute approximate surface area is 149 Å². The van der Waals surface area contributed by atoms with Crippen LogP contribution in [0.2, 0.25) is 0 Å². The second kappa shape index (κ2) is 5.66. The van der Waals surface area contributed by atoms with Crippen LogP contribution in [-0.2, 0) is 24.4 Å². The highest BCUT2D eigenvalue weighted by Crippen LogP contribution is 2.58. The minimum atomic E-state index is -4.23. The molecule has 1 aliphatic heterocycles. The number of hydrogen-bond donors (Lipinski definition) is 0. The van der Waals surface area contributed by atoms with Gasteiger partial charge in [-0.2, -0.15) is 0 Å². The summed E-state index contributed by atoms with van der Waals surface area (Å²) in [7, 11) is -8.27. The summed E-state index contributed by atoms with van der Waals surface area (Å²) >= 11 is 3.29. The quantitative estimate of drug-likeness (QED) is 0.696. The summed E-state index contributed by atoms with van der Waals surface area (Å²) in [5.74, 6) is 0. The van der Waals surface area contributed by atoms with E-state index in [9.17, 15) is 16.8 Å². The van der Waals surface area contributed by atoms with Gasteiger partial charge in [-0.3, -0.25) is 0 Å². The van der Waals surface area contributed by atoms with E-state index in [2.05, 4.69) is 15.9 Å². The predicted molar refractivity (Wildman–Crippen MR) is 93.9 cm³/mol. The number of aryl methyl sites for hydroxylation is 1. The molecule has 0 bridgehead atoms. The van der Waals surface area contributed by atoms with Crippen molar-refractivity contribution in [2.24, 2.45) is 0 Å². The Morgan fingerprint density at radius 1 is 0.958 bits per heavy atom. The van der Waals surface area contributed by atoms with Gasteiger partial charge in [0.2, 0.25) is 9.84 Å². The lowest BCUT2D eigenvalue weighted by molar-refractivity contribution is 0.380. The van der Waals surface area contributed by atoms with Crippen LogP contribution >= 0.6 is 15.9 Å². The number of halogens is 1. The zero-order chi connectivity index (χ0) is 17.8. The van der Waals surface area contributed by atoms with Crippen LogP contribution < -0.4 is 0 Å². The van der Waals surface area contributed by atoms with Gasteiger partial charge in [-0.1, -0.05) is 45.8 Å². The van der Waals surface area contributed by atoms with Crippen molar-refractivity contribution >= 4 is 35.6 Å². The maximum atomic E-state index is 13.0. The molecule has 1 fully saturated rings. The van der Waals surface area contributed by atoms with Crippen LogP contribution in [0.3, 0.4) is 0 Å². The molecule has 2 aromatic rings. The molecule has 5 nitrogen and oxygen atoms in total. The Bertz CT molecular complexity index is 980. The fourth-order valence-corrected chi connectivity index (χ4v) is 7.01. The van der Waals surface area contributed by atoms with Crippen molar-refractivity contribution in [2.75, 3.05) is 6.26 Å². The molecule has 0 aliphatic carbocycles. The minimum absolute atomic E-state index is 0.0712. The largest absolute Gasteiger partial charge is 0.331 e. The lowest BCUT2D eigenvalue weighted by Crippen LogP contribution is -2.34. The Hall–Kier alpha value is -1.22. The number of epoxide rings is 1. The van der Waals surface area contributed by atoms with E-state index in [0.29, 0.717) is 5.56 Å². The van der Waals surface area contributed by atoms with E-state index in [4.69, 9.17) is 4.74 Å². The fourth-order valence-electron chi connectivity index (χ4n) is 2.61. The molecule has 2 aromatic carbocycles. The molecule has 0 saturated carbocycles. The summed E-state index contributed by atoms with van der Waals surface area (Å²) in [6.07, 6.45) is -0.163. The maximum Gasteiger partial charge on any atom is 0.306 e. The molecular formula is C16H15BrO5S2. The average molecular weight is 431 g/mol. The van der Waals surface area contributed by atoms with Crippen LogP contribution in [0.4, 0.5) is 0 Å². The molecule has 128 valence electrons. The van der Waals surface area contributed by atoms with Crippen molar-refractivity contribution in [1.29, 1.82) is 0 Å². The Morgan fingerprint density at radius 2 is 1.50 bits per heavy atom. The smallest absolute Gasteiger partial charge is 0.306 e. The van der Waals surface area contributed by atoms with E-state index in [-0.39, 0.29) is 4.90 Å². The van der Waals surface area contributed by atoms with Gasteiger partial charge in [0, 0.05) is 10.7 Å². The predicted octanol–water partition coefficient (Wildman–Crippen LogP) is 3.00. The Kier molecular flexibility index (Phi) is 4.15. The van der Waals surface area contributed by atoms with E-state index in [1.54, 1.807) is 36.4 Å². The highest BCUT2D eigenvalue weighted by Gasteiger charge is 2.74. The minimum Gasteiger partial charge on any atom is -0.331 e. The normalized spacial score (nSPS) is 23.9. The van der Waals surface area contributed by atoms with E-state index >= 15 is 0 Å². The third kappa shape index (κ3) is 2.61. The van der Waals surface area contributed by atoms with Crippen molar-refractivity contribution in [3.05, 3.63) is 64.1 Å². The third-order valence-electron chi connectivity index (χ3n) is 3.94. The second-order valence-electron chi connectivity index (χ2n) is 5.74. The summed E-state index contributed by atoms with van der Waals surface area (Å²) in [4.78, 5) is -0.0712. The second-order valence-corrected chi connectivity index (χ2v) is 11.2. The summed E-state index contributed by atoms with van der Waals surface area (Å²) < 4.78 is 54.6. The lowest BCUT2D eigenvalue weighted by Gasteiger charge is -2.13. The molecular weight excluding hydrogens is 416 g/mol. The van der Waals surface area contributed by atoms with Gasteiger partial charge in [-0.05, 0) is 36.8 Å². The van der Waals surface area contributed by atoms with Gasteiger partial charge >= 0.3 is 4.27 Å². The molecule has 0 aromatic heterocycles. The SMILES string of the molecule is Cc1ccc(S(=O)(=O)[C@@]2(S(C)(=O)=O)O[C@@H]2c2ccc(Br)cc2)cc1. The highest BCUT2D eigenvalue weighted by atomic mass is 79.9. The molecule has 2 atom stereocenters. The van der Waals surface area contributed by atoms with Gasteiger partial charge in [0.05, 0.1) is 4.90 Å². The Morgan fingerprint density at radius 3 is 2.00 bits per heavy atom. The summed E-state index contributed by atoms with van der Waals surface area (Å²) in [5, 5.41) is 0. The highest BCUT2D eigenvalue weighted by molar-refractivity contribution is 9.10. The fraction of sp³-hybridized carbons (Fsp3) is 0.250. The van der Waals surface area contributed by atoms with Crippen LogP contribution in [0, 0.1) is 6.92 Å². The molecule has 1 aliphatic rings. The summed E-state index contributed by atoms with van der Waals surface area (Å²) in [5.41, 5.74) is 1.38. The summed E-state index contributed by atoms with van der Waals surface area (Å²) in [6.45, 7) is 1.82. The first-order valence-corrected chi connectivity index (χ1v) is 11.2. The van der Waals surface area contributed by atoms with Gasteiger partial charge < -0.3 is 4.74 Å². The van der Waals surface area contributed by atoms with E-state index in [1.165, 1.54) is 12.1 Å². The van der Waals surface area contributed by atoms with Crippen LogP contribution in [0.1, 0.15) is 17.2 Å². The van der Waals surface area contributed by atoms with E-state index in [0.717, 1.165) is 16.3 Å². The van der Waals surface area contributed by atoms with Crippen molar-refractivity contribution < 1.29 is 21.6 Å². The molecule has 24 heavy (non-hydrogen) atoms. The van der Waals surface area contributed by atoms with E-state index < -0.39 is 30.0 Å². The zero-order valence-electron chi connectivity index (χ0n) is 12.9. The first kappa shape index (κ1) is 17.6. The van der Waals surface area contributed by atoms with E-state index in [1.807, 2.05) is 6.92 Å². The van der Waals surface area contributed by atoms with Crippen molar-refractivity contribution in [1.82, 2.24) is 0 Å². The van der Waals surface area contributed by atoms with Crippen LogP contribution in [-0.4, -0.2) is 27.4 Å². The molecule has 0 radical (unpaired) electrons. The topological polar surface area (TPSA) is 80.8 Å². The number of benzene rings is 2. The first-order valence-electron chi connectivity index (χ1n) is 7.04. The number of rotatable bonds is 4. The molecule has 1 saturated heterocycles. The molecule has 0 N–H and O–H groups in total. The van der Waals surface area contributed by atoms with Crippen molar-refractivity contribution in [2.45, 2.75) is 22.2 Å². The summed E-state index contributed by atoms with van der Waals surface area (Å²) in [6, 6.07) is 12.8. The molecule has 0 amide bonds. The van der Waals surface area contributed by atoms with Crippen molar-refractivity contribution in [3.63, 3.8) is 0 Å². The van der Waals surface area contributed by atoms with Gasteiger partial charge in [-0.25, -0.2) is 16.8 Å². The number of hydrogen-bond acceptors (Lipinski definition) is 5. The third-order valence-corrected chi connectivity index (χ3v) is 9.33. The van der Waals surface area contributed by atoms with Crippen LogP contribution in [0.25, 0.3) is 0 Å². The van der Waals surface area contributed by atoms with Gasteiger partial charge in [-0.15, -0.1) is 0 Å². The first-order chi connectivity index (χ1) is 11.1. The molecule has 3 rings (SSSR count). The van der Waals surface area contributed by atoms with Crippen molar-refractivity contribution in [3.8, 4) is 0 Å². The maximum absolute atomic E-state index is 13.0. The van der Waals surface area contributed by atoms with Gasteiger partial charge in [0.25, 0.3) is 0 Å².